The minimum Gasteiger partial charge on any atom is -0.339 e. The van der Waals surface area contributed by atoms with E-state index in [1.54, 1.807) is 13.0 Å². The molecule has 3 aliphatic rings. The summed E-state index contributed by atoms with van der Waals surface area (Å²) in [6.07, 6.45) is 6.20. The molecule has 1 saturated carbocycles. The van der Waals surface area contributed by atoms with E-state index in [-0.39, 0.29) is 28.6 Å². The van der Waals surface area contributed by atoms with E-state index in [9.17, 15) is 25.4 Å². The van der Waals surface area contributed by atoms with Crippen molar-refractivity contribution in [2.24, 2.45) is 15.9 Å². The van der Waals surface area contributed by atoms with Gasteiger partial charge in [0.1, 0.15) is 39.1 Å². The van der Waals surface area contributed by atoms with Crippen LogP contribution in [0.3, 0.4) is 0 Å². The highest BCUT2D eigenvalue weighted by molar-refractivity contribution is 7.30. The first-order valence-corrected chi connectivity index (χ1v) is 16.9. The van der Waals surface area contributed by atoms with Crippen LogP contribution in [0.2, 0.25) is 0 Å². The minimum absolute atomic E-state index is 0.121. The molecular formula is C37H26N6O2S2. The zero-order chi connectivity index (χ0) is 33.0. The molecule has 3 heterocycles. The lowest BCUT2D eigenvalue weighted by Crippen LogP contribution is -2.08. The Morgan fingerprint density at radius 2 is 1.43 bits per heavy atom. The molecule has 47 heavy (non-hydrogen) atoms. The lowest BCUT2D eigenvalue weighted by atomic mass is 9.96. The van der Waals surface area contributed by atoms with Crippen LogP contribution in [0.15, 0.2) is 86.4 Å². The maximum atomic E-state index is 13.5. The SMILES string of the molecule is CCC(C)Cn1c2cc(N=C3C(=O)C4=CCCC=C4C3=C(C#N)C#N)sc2c2sc(N=C3C(=O)c4ccccc4/C3=C(\C)C#N)cc21. The average molecular weight is 651 g/mol. The number of rotatable bonds is 5. The number of carbonyl (C=O) groups excluding carboxylic acids is 2. The number of Topliss-reactive ketones (excluding diaryl/α,β-unsaturated/α-hetero) is 2. The molecule has 1 aromatic carbocycles. The Morgan fingerprint density at radius 1 is 0.851 bits per heavy atom. The van der Waals surface area contributed by atoms with E-state index in [1.165, 1.54) is 22.7 Å². The predicted octanol–water partition coefficient (Wildman–Crippen LogP) is 8.88. The number of ketones is 2. The lowest BCUT2D eigenvalue weighted by Gasteiger charge is -2.11. The van der Waals surface area contributed by atoms with E-state index >= 15 is 0 Å². The number of thiophene rings is 2. The molecule has 1 atom stereocenters. The smallest absolute Gasteiger partial charge is 0.212 e. The summed E-state index contributed by atoms with van der Waals surface area (Å²) in [5.74, 6) is -0.0959. The number of carbonyl (C=O) groups is 2. The van der Waals surface area contributed by atoms with Crippen molar-refractivity contribution in [3.05, 3.63) is 87.5 Å². The maximum Gasteiger partial charge on any atom is 0.212 e. The molecule has 10 heteroatoms. The van der Waals surface area contributed by atoms with Crippen molar-refractivity contribution in [1.82, 2.24) is 4.57 Å². The second kappa shape index (κ2) is 11.7. The van der Waals surface area contributed by atoms with E-state index in [4.69, 9.17) is 9.98 Å². The molecule has 3 aliphatic carbocycles. The van der Waals surface area contributed by atoms with Gasteiger partial charge < -0.3 is 4.57 Å². The zero-order valence-electron chi connectivity index (χ0n) is 25.8. The number of nitriles is 3. The van der Waals surface area contributed by atoms with Crippen molar-refractivity contribution < 1.29 is 9.59 Å². The Kier molecular flexibility index (Phi) is 7.53. The number of fused-ring (bicyclic) bond motifs is 5. The fourth-order valence-corrected chi connectivity index (χ4v) is 8.59. The zero-order valence-corrected chi connectivity index (χ0v) is 27.5. The minimum atomic E-state index is -0.271. The molecule has 0 amide bonds. The second-order valence-electron chi connectivity index (χ2n) is 11.7. The largest absolute Gasteiger partial charge is 0.339 e. The number of nitrogens with zero attached hydrogens (tertiary/aromatic N) is 6. The molecule has 4 aromatic rings. The number of hydrogen-bond acceptors (Lipinski definition) is 9. The molecule has 0 N–H and O–H groups in total. The van der Waals surface area contributed by atoms with Gasteiger partial charge >= 0.3 is 0 Å². The molecular weight excluding hydrogens is 625 g/mol. The van der Waals surface area contributed by atoms with Gasteiger partial charge in [-0.05, 0) is 49.0 Å². The van der Waals surface area contributed by atoms with Gasteiger partial charge in [-0.25, -0.2) is 9.98 Å². The van der Waals surface area contributed by atoms with Crippen molar-refractivity contribution in [3.8, 4) is 18.2 Å². The highest BCUT2D eigenvalue weighted by Crippen LogP contribution is 2.47. The van der Waals surface area contributed by atoms with Gasteiger partial charge in [-0.1, -0.05) is 56.7 Å². The van der Waals surface area contributed by atoms with Crippen molar-refractivity contribution in [1.29, 1.82) is 15.8 Å². The maximum absolute atomic E-state index is 13.5. The molecule has 0 aliphatic heterocycles. The van der Waals surface area contributed by atoms with Crippen LogP contribution in [-0.2, 0) is 11.3 Å². The third-order valence-corrected chi connectivity index (χ3v) is 11.1. The van der Waals surface area contributed by atoms with E-state index in [2.05, 4.69) is 24.5 Å². The van der Waals surface area contributed by atoms with Crippen LogP contribution < -0.4 is 0 Å². The van der Waals surface area contributed by atoms with Gasteiger partial charge in [-0.15, -0.1) is 22.7 Å². The van der Waals surface area contributed by atoms with Gasteiger partial charge in [0.2, 0.25) is 11.6 Å². The second-order valence-corrected chi connectivity index (χ2v) is 13.8. The van der Waals surface area contributed by atoms with Crippen LogP contribution in [0.1, 0.15) is 56.0 Å². The van der Waals surface area contributed by atoms with Gasteiger partial charge in [0, 0.05) is 34.4 Å². The van der Waals surface area contributed by atoms with Gasteiger partial charge in [0.15, 0.2) is 0 Å². The fraction of sp³-hybridized carbons (Fsp3) is 0.216. The van der Waals surface area contributed by atoms with Crippen molar-refractivity contribution >= 4 is 81.7 Å². The van der Waals surface area contributed by atoms with Crippen molar-refractivity contribution in [3.63, 3.8) is 0 Å². The quantitative estimate of drug-likeness (QED) is 0.199. The Bertz CT molecular complexity index is 2400. The van der Waals surface area contributed by atoms with E-state index < -0.39 is 0 Å². The Labute approximate surface area is 278 Å². The van der Waals surface area contributed by atoms with Gasteiger partial charge in [-0.3, -0.25) is 9.59 Å². The molecule has 0 saturated heterocycles. The first-order valence-electron chi connectivity index (χ1n) is 15.3. The summed E-state index contributed by atoms with van der Waals surface area (Å²) in [5.41, 5.74) is 5.95. The first-order chi connectivity index (χ1) is 22.8. The summed E-state index contributed by atoms with van der Waals surface area (Å²) in [7, 11) is 0. The van der Waals surface area contributed by atoms with Crippen LogP contribution in [0, 0.1) is 39.9 Å². The fourth-order valence-electron chi connectivity index (χ4n) is 6.36. The molecule has 0 radical (unpaired) electrons. The summed E-state index contributed by atoms with van der Waals surface area (Å²) in [6.45, 7) is 6.79. The highest BCUT2D eigenvalue weighted by Gasteiger charge is 2.38. The molecule has 1 fully saturated rings. The molecule has 1 unspecified atom stereocenters. The molecule has 7 rings (SSSR count). The number of allylic oxidation sites excluding steroid dienone is 8. The summed E-state index contributed by atoms with van der Waals surface area (Å²) >= 11 is 2.92. The number of aliphatic imine (C=N–C) groups is 2. The topological polar surface area (TPSA) is 135 Å². The van der Waals surface area contributed by atoms with Crippen LogP contribution in [0.4, 0.5) is 10.0 Å². The van der Waals surface area contributed by atoms with Crippen LogP contribution in [0.25, 0.3) is 26.0 Å². The van der Waals surface area contributed by atoms with Crippen LogP contribution in [-0.4, -0.2) is 27.6 Å². The van der Waals surface area contributed by atoms with E-state index in [0.717, 1.165) is 51.8 Å². The Morgan fingerprint density at radius 3 is 2.00 bits per heavy atom. The average Bonchev–Trinajstić information content (AvgIpc) is 3.87. The molecule has 228 valence electrons. The number of benzene rings is 1. The van der Waals surface area contributed by atoms with Crippen LogP contribution in [0.5, 0.6) is 0 Å². The monoisotopic (exact) mass is 650 g/mol. The van der Waals surface area contributed by atoms with Gasteiger partial charge in [0.25, 0.3) is 0 Å². The third-order valence-electron chi connectivity index (χ3n) is 8.85. The standard InChI is InChI=1S/C37H26N6O2S2/c1-4-19(2)18-43-26-13-28(41-32-30(20(3)15-38)22-9-5-7-11-24(22)34(32)44)46-36(26)37-27(43)14-29(47-37)42-33-31(21(16-39)17-40)23-10-6-8-12-25(23)35(33)45/h5,7,9-14,19H,4,6,8,18H2,1-3H3/b30-20-,41-32?,42-33?. The molecule has 3 aromatic heterocycles. The highest BCUT2D eigenvalue weighted by atomic mass is 32.1. The van der Waals surface area contributed by atoms with Crippen molar-refractivity contribution in [2.45, 2.75) is 46.6 Å². The summed E-state index contributed by atoms with van der Waals surface area (Å²) < 4.78 is 4.22. The van der Waals surface area contributed by atoms with Gasteiger partial charge in [-0.2, -0.15) is 15.8 Å². The number of hydrogen-bond donors (Lipinski definition) is 0. The predicted molar refractivity (Wildman–Crippen MR) is 186 cm³/mol. The third kappa shape index (κ3) is 4.75. The molecule has 0 spiro atoms. The number of aromatic nitrogens is 1. The summed E-state index contributed by atoms with van der Waals surface area (Å²) in [5, 5.41) is 30.5. The van der Waals surface area contributed by atoms with Gasteiger partial charge in [0.05, 0.1) is 26.5 Å². The Hall–Kier alpha value is -5.47. The van der Waals surface area contributed by atoms with Crippen molar-refractivity contribution in [2.75, 3.05) is 0 Å². The first kappa shape index (κ1) is 30.2. The van der Waals surface area contributed by atoms with Crippen LogP contribution >= 0.6 is 22.7 Å². The molecule has 8 nitrogen and oxygen atoms in total. The summed E-state index contributed by atoms with van der Waals surface area (Å²) in [4.78, 5) is 36.7. The molecule has 0 bridgehead atoms. The normalized spacial score (nSPS) is 19.0. The Balaban J connectivity index is 1.40. The van der Waals surface area contributed by atoms with E-state index in [0.29, 0.717) is 49.3 Å². The van der Waals surface area contributed by atoms with E-state index in [1.807, 2.05) is 54.6 Å². The summed E-state index contributed by atoms with van der Waals surface area (Å²) in [6, 6.07) is 17.4. The lowest BCUT2D eigenvalue weighted by molar-refractivity contribution is -0.109.